The molecule has 0 aromatic heterocycles. The van der Waals surface area contributed by atoms with E-state index < -0.39 is 23.3 Å². The first-order valence-corrected chi connectivity index (χ1v) is 7.78. The summed E-state index contributed by atoms with van der Waals surface area (Å²) in [5, 5.41) is 3.03. The molecule has 7 heteroatoms. The fourth-order valence-electron chi connectivity index (χ4n) is 3.02. The van der Waals surface area contributed by atoms with E-state index in [0.29, 0.717) is 5.56 Å². The van der Waals surface area contributed by atoms with Gasteiger partial charge in [0.05, 0.1) is 17.6 Å². The highest BCUT2D eigenvalue weighted by atomic mass is 35.5. The number of likely N-dealkylation sites (tertiary alicyclic amines) is 1. The number of hydrogen-bond acceptors (Lipinski definition) is 3. The molecule has 23 heavy (non-hydrogen) atoms. The molecule has 1 fully saturated rings. The van der Waals surface area contributed by atoms with Gasteiger partial charge in [0.2, 0.25) is 11.8 Å². The van der Waals surface area contributed by atoms with Crippen LogP contribution in [0, 0.1) is 5.82 Å². The van der Waals surface area contributed by atoms with Gasteiger partial charge >= 0.3 is 0 Å². The Kier molecular flexibility index (Phi) is 4.96. The average molecular weight is 342 g/mol. The third kappa shape index (κ3) is 3.82. The number of halogens is 2. The van der Waals surface area contributed by atoms with Gasteiger partial charge in [0.15, 0.2) is 0 Å². The third-order valence-electron chi connectivity index (χ3n) is 3.87. The Morgan fingerprint density at radius 2 is 2.13 bits per heavy atom. The van der Waals surface area contributed by atoms with Crippen molar-refractivity contribution in [2.24, 2.45) is 5.73 Å². The molecule has 0 aliphatic carbocycles. The van der Waals surface area contributed by atoms with Gasteiger partial charge in [0.1, 0.15) is 5.82 Å². The highest BCUT2D eigenvalue weighted by molar-refractivity contribution is 6.30. The van der Waals surface area contributed by atoms with Gasteiger partial charge in [-0.1, -0.05) is 17.7 Å². The van der Waals surface area contributed by atoms with Crippen LogP contribution in [0.5, 0.6) is 0 Å². The Bertz CT molecular complexity index is 630. The van der Waals surface area contributed by atoms with E-state index in [2.05, 4.69) is 5.32 Å². The number of nitrogens with two attached hydrogens (primary N) is 1. The molecule has 3 N–H and O–H groups in total. The van der Waals surface area contributed by atoms with Crippen molar-refractivity contribution in [3.8, 4) is 0 Å². The number of nitrogens with zero attached hydrogens (tertiary/aromatic N) is 1. The van der Waals surface area contributed by atoms with Crippen LogP contribution in [0.15, 0.2) is 18.2 Å². The molecule has 1 aliphatic rings. The number of carbonyl (C=O) groups is 2. The Labute approximate surface area is 140 Å². The van der Waals surface area contributed by atoms with Gasteiger partial charge < -0.3 is 16.0 Å². The molecule has 0 unspecified atom stereocenters. The van der Waals surface area contributed by atoms with Crippen molar-refractivity contribution in [3.63, 3.8) is 0 Å². The molecule has 1 saturated heterocycles. The monoisotopic (exact) mass is 341 g/mol. The Balaban J connectivity index is 2.41. The van der Waals surface area contributed by atoms with Crippen LogP contribution in [0.4, 0.5) is 4.39 Å². The van der Waals surface area contributed by atoms with E-state index in [1.807, 2.05) is 20.8 Å². The van der Waals surface area contributed by atoms with Crippen molar-refractivity contribution in [2.75, 3.05) is 6.54 Å². The van der Waals surface area contributed by atoms with E-state index in [9.17, 15) is 14.0 Å². The van der Waals surface area contributed by atoms with Crippen molar-refractivity contribution < 1.29 is 14.0 Å². The first kappa shape index (κ1) is 17.7. The van der Waals surface area contributed by atoms with E-state index in [4.69, 9.17) is 17.3 Å². The number of primary amides is 1. The lowest BCUT2D eigenvalue weighted by Crippen LogP contribution is -2.47. The van der Waals surface area contributed by atoms with Gasteiger partial charge in [-0.15, -0.1) is 0 Å². The lowest BCUT2D eigenvalue weighted by Gasteiger charge is -2.39. The molecule has 2 atom stereocenters. The molecular weight excluding hydrogens is 321 g/mol. The minimum Gasteiger partial charge on any atom is -0.369 e. The third-order valence-corrected chi connectivity index (χ3v) is 4.18. The molecule has 0 radical (unpaired) electrons. The zero-order chi connectivity index (χ0) is 17.4. The minimum atomic E-state index is -0.536. The fourth-order valence-corrected chi connectivity index (χ4v) is 3.14. The second kappa shape index (κ2) is 6.45. The van der Waals surface area contributed by atoms with E-state index in [-0.39, 0.29) is 29.9 Å². The molecule has 126 valence electrons. The molecule has 2 amide bonds. The zero-order valence-electron chi connectivity index (χ0n) is 13.4. The number of carbonyl (C=O) groups excluding carboxylic acids is 2. The number of benzene rings is 1. The number of hydrogen-bond donors (Lipinski definition) is 2. The summed E-state index contributed by atoms with van der Waals surface area (Å²) in [4.78, 5) is 25.2. The Hall–Kier alpha value is -1.66. The molecule has 1 aliphatic heterocycles. The molecule has 0 saturated carbocycles. The molecule has 0 bridgehead atoms. The molecule has 1 aromatic rings. The maximum Gasteiger partial charge on any atom is 0.231 e. The van der Waals surface area contributed by atoms with Crippen molar-refractivity contribution in [1.82, 2.24) is 10.2 Å². The van der Waals surface area contributed by atoms with Crippen LogP contribution in [0.1, 0.15) is 38.8 Å². The molecule has 1 heterocycles. The van der Waals surface area contributed by atoms with Crippen LogP contribution in [0.25, 0.3) is 0 Å². The van der Waals surface area contributed by atoms with Crippen LogP contribution >= 0.6 is 11.6 Å². The summed E-state index contributed by atoms with van der Waals surface area (Å²) in [7, 11) is 0. The molecule has 2 rings (SSSR count). The highest BCUT2D eigenvalue weighted by Crippen LogP contribution is 2.39. The first-order valence-electron chi connectivity index (χ1n) is 7.40. The van der Waals surface area contributed by atoms with Gasteiger partial charge in [-0.3, -0.25) is 9.59 Å². The number of nitrogens with one attached hydrogen (secondary N) is 1. The average Bonchev–Trinajstić information content (AvgIpc) is 2.76. The second-order valence-corrected chi connectivity index (χ2v) is 7.12. The predicted octanol–water partition coefficient (Wildman–Crippen LogP) is 1.99. The van der Waals surface area contributed by atoms with Gasteiger partial charge in [0.25, 0.3) is 0 Å². The van der Waals surface area contributed by atoms with Crippen molar-refractivity contribution in [2.45, 2.75) is 44.8 Å². The molecule has 1 aromatic carbocycles. The molecule has 0 spiro atoms. The Morgan fingerprint density at radius 1 is 1.48 bits per heavy atom. The van der Waals surface area contributed by atoms with E-state index >= 15 is 0 Å². The lowest BCUT2D eigenvalue weighted by atomic mass is 9.96. The maximum atomic E-state index is 13.9. The van der Waals surface area contributed by atoms with Gasteiger partial charge in [0, 0.05) is 18.0 Å². The van der Waals surface area contributed by atoms with E-state index in [1.165, 1.54) is 12.1 Å². The van der Waals surface area contributed by atoms with Crippen LogP contribution in [-0.4, -0.2) is 34.8 Å². The van der Waals surface area contributed by atoms with E-state index in [0.717, 1.165) is 0 Å². The van der Waals surface area contributed by atoms with E-state index in [1.54, 1.807) is 11.0 Å². The van der Waals surface area contributed by atoms with Crippen molar-refractivity contribution in [3.05, 3.63) is 34.6 Å². The summed E-state index contributed by atoms with van der Waals surface area (Å²) in [6.45, 7) is 5.71. The summed E-state index contributed by atoms with van der Waals surface area (Å²) >= 11 is 5.75. The smallest absolute Gasteiger partial charge is 0.231 e. The normalized spacial score (nSPS) is 21.8. The van der Waals surface area contributed by atoms with Crippen LogP contribution in [0.3, 0.4) is 0 Å². The summed E-state index contributed by atoms with van der Waals surface area (Å²) in [5.41, 5.74) is 5.37. The summed E-state index contributed by atoms with van der Waals surface area (Å²) in [6.07, 6.45) is 0.222. The summed E-state index contributed by atoms with van der Waals surface area (Å²) in [6, 6.07) is 3.79. The second-order valence-electron chi connectivity index (χ2n) is 6.71. The Morgan fingerprint density at radius 3 is 2.65 bits per heavy atom. The largest absolute Gasteiger partial charge is 0.369 e. The maximum absolute atomic E-state index is 13.9. The SMILES string of the molecule is CC(C)(C)N1C(=O)C[C@H](NCC(N)=O)[C@@H]1c1ccc(Cl)c(F)c1. The van der Waals surface area contributed by atoms with Gasteiger partial charge in [-0.2, -0.15) is 0 Å². The van der Waals surface area contributed by atoms with Crippen molar-refractivity contribution >= 4 is 23.4 Å². The predicted molar refractivity (Wildman–Crippen MR) is 86.4 cm³/mol. The topological polar surface area (TPSA) is 75.4 Å². The van der Waals surface area contributed by atoms with Gasteiger partial charge in [-0.25, -0.2) is 4.39 Å². The molecular formula is C16H21ClFN3O2. The number of amides is 2. The quantitative estimate of drug-likeness (QED) is 0.879. The first-order chi connectivity index (χ1) is 10.6. The van der Waals surface area contributed by atoms with Crippen LogP contribution in [0.2, 0.25) is 5.02 Å². The number of rotatable bonds is 4. The minimum absolute atomic E-state index is 0.0297. The zero-order valence-corrected chi connectivity index (χ0v) is 14.2. The lowest BCUT2D eigenvalue weighted by molar-refractivity contribution is -0.133. The van der Waals surface area contributed by atoms with Crippen molar-refractivity contribution in [1.29, 1.82) is 0 Å². The van der Waals surface area contributed by atoms with Crippen LogP contribution < -0.4 is 11.1 Å². The molecule has 5 nitrogen and oxygen atoms in total. The summed E-state index contributed by atoms with van der Waals surface area (Å²) < 4.78 is 13.9. The highest BCUT2D eigenvalue weighted by Gasteiger charge is 2.45. The fraction of sp³-hybridized carbons (Fsp3) is 0.500. The standard InChI is InChI=1S/C16H21ClFN3O2/c1-16(2,3)21-14(23)7-12(20-8-13(19)22)15(21)9-4-5-10(17)11(18)6-9/h4-6,12,15,20H,7-8H2,1-3H3,(H2,19,22)/t12-,15-/m0/s1. The summed E-state index contributed by atoms with van der Waals surface area (Å²) in [5.74, 6) is -1.10. The van der Waals surface area contributed by atoms with Crippen LogP contribution in [-0.2, 0) is 9.59 Å². The van der Waals surface area contributed by atoms with Gasteiger partial charge in [-0.05, 0) is 38.5 Å².